The van der Waals surface area contributed by atoms with Crippen molar-refractivity contribution in [3.8, 4) is 5.75 Å². The van der Waals surface area contributed by atoms with Gasteiger partial charge >= 0.3 is 0 Å². The summed E-state index contributed by atoms with van der Waals surface area (Å²) in [6, 6.07) is 11.7. The molecule has 5 heteroatoms. The zero-order valence-electron chi connectivity index (χ0n) is 12.6. The Morgan fingerprint density at radius 1 is 1.17 bits per heavy atom. The van der Waals surface area contributed by atoms with Gasteiger partial charge in [-0.05, 0) is 42.3 Å². The van der Waals surface area contributed by atoms with Gasteiger partial charge in [0.15, 0.2) is 5.78 Å². The lowest BCUT2D eigenvalue weighted by Gasteiger charge is -2.08. The number of hydrogen-bond acceptors (Lipinski definition) is 4. The third-order valence-corrected chi connectivity index (χ3v) is 3.81. The summed E-state index contributed by atoms with van der Waals surface area (Å²) in [4.78, 5) is 23.0. The van der Waals surface area contributed by atoms with Gasteiger partial charge in [-0.25, -0.2) is 0 Å². The Balaban J connectivity index is 1.96. The van der Waals surface area contributed by atoms with Crippen LogP contribution in [0.15, 0.2) is 48.0 Å². The van der Waals surface area contributed by atoms with Crippen LogP contribution in [0.3, 0.4) is 0 Å². The maximum atomic E-state index is 12.7. The molecule has 1 aliphatic rings. The summed E-state index contributed by atoms with van der Waals surface area (Å²) in [7, 11) is 0. The minimum Gasteiger partial charge on any atom is -0.492 e. The van der Waals surface area contributed by atoms with Gasteiger partial charge in [-0.1, -0.05) is 12.1 Å². The molecular weight excluding hydrogens is 294 g/mol. The van der Waals surface area contributed by atoms with E-state index < -0.39 is 4.92 Å². The fourth-order valence-corrected chi connectivity index (χ4v) is 2.60. The van der Waals surface area contributed by atoms with Crippen LogP contribution < -0.4 is 4.74 Å². The zero-order chi connectivity index (χ0) is 16.4. The summed E-state index contributed by atoms with van der Waals surface area (Å²) in [6.07, 6.45) is 2.27. The van der Waals surface area contributed by atoms with Crippen molar-refractivity contribution >= 4 is 17.5 Å². The molecule has 0 saturated carbocycles. The number of ether oxygens (including phenoxy) is 1. The molecular formula is C18H15NO4. The number of benzene rings is 2. The van der Waals surface area contributed by atoms with Crippen LogP contribution in [0, 0.1) is 17.0 Å². The Morgan fingerprint density at radius 3 is 2.61 bits per heavy atom. The van der Waals surface area contributed by atoms with Crippen molar-refractivity contribution < 1.29 is 14.5 Å². The summed E-state index contributed by atoms with van der Waals surface area (Å²) < 4.78 is 5.72. The highest BCUT2D eigenvalue weighted by molar-refractivity contribution is 6.13. The average molecular weight is 309 g/mol. The predicted molar refractivity (Wildman–Crippen MR) is 86.7 cm³/mol. The van der Waals surface area contributed by atoms with Gasteiger partial charge in [-0.15, -0.1) is 0 Å². The van der Waals surface area contributed by atoms with E-state index in [0.29, 0.717) is 29.9 Å². The minimum atomic E-state index is -0.444. The quantitative estimate of drug-likeness (QED) is 0.478. The van der Waals surface area contributed by atoms with E-state index in [2.05, 4.69) is 0 Å². The summed E-state index contributed by atoms with van der Waals surface area (Å²) in [6.45, 7) is 2.35. The first-order chi connectivity index (χ1) is 11.1. The largest absolute Gasteiger partial charge is 0.492 e. The first-order valence-corrected chi connectivity index (χ1v) is 7.28. The molecule has 2 aromatic carbocycles. The number of carbonyl (C=O) groups excluding carboxylic acids is 1. The van der Waals surface area contributed by atoms with Crippen molar-refractivity contribution in [1.82, 2.24) is 0 Å². The molecule has 0 radical (unpaired) electrons. The van der Waals surface area contributed by atoms with Gasteiger partial charge in [0.05, 0.1) is 17.1 Å². The second-order valence-corrected chi connectivity index (χ2v) is 5.40. The summed E-state index contributed by atoms with van der Waals surface area (Å²) in [5.74, 6) is 0.587. The van der Waals surface area contributed by atoms with Crippen LogP contribution in [0.4, 0.5) is 5.69 Å². The Hall–Kier alpha value is -2.95. The highest BCUT2D eigenvalue weighted by Gasteiger charge is 2.22. The van der Waals surface area contributed by atoms with E-state index in [1.165, 1.54) is 12.1 Å². The molecule has 0 saturated heterocycles. The average Bonchev–Trinajstić information content (AvgIpc) is 2.69. The molecule has 116 valence electrons. The van der Waals surface area contributed by atoms with Gasteiger partial charge in [0, 0.05) is 24.1 Å². The number of para-hydroxylation sites is 1. The Kier molecular flexibility index (Phi) is 3.93. The van der Waals surface area contributed by atoms with Gasteiger partial charge < -0.3 is 4.74 Å². The SMILES string of the molecule is Cc1cccc2c1OCC/C(=C/c1ccc([N+](=O)[O-])cc1)C2=O. The molecule has 0 spiro atoms. The van der Waals surface area contributed by atoms with Gasteiger partial charge in [0.1, 0.15) is 5.75 Å². The Labute approximate surface area is 133 Å². The molecule has 2 aromatic rings. The number of Topliss-reactive ketones (excluding diaryl/α,β-unsaturated/α-hetero) is 1. The highest BCUT2D eigenvalue weighted by Crippen LogP contribution is 2.30. The van der Waals surface area contributed by atoms with Crippen molar-refractivity contribution in [2.45, 2.75) is 13.3 Å². The van der Waals surface area contributed by atoms with Crippen LogP contribution in [0.2, 0.25) is 0 Å². The molecule has 0 aliphatic carbocycles. The standard InChI is InChI=1S/C18H15NO4/c1-12-3-2-4-16-17(20)14(9-10-23-18(12)16)11-13-5-7-15(8-6-13)19(21)22/h2-8,11H,9-10H2,1H3/b14-11-. The molecule has 1 heterocycles. The van der Waals surface area contributed by atoms with E-state index >= 15 is 0 Å². The van der Waals surface area contributed by atoms with Crippen LogP contribution in [-0.2, 0) is 0 Å². The number of fused-ring (bicyclic) bond motifs is 1. The number of hydrogen-bond donors (Lipinski definition) is 0. The molecule has 0 fully saturated rings. The van der Waals surface area contributed by atoms with Crippen molar-refractivity contribution in [1.29, 1.82) is 0 Å². The van der Waals surface area contributed by atoms with Gasteiger partial charge in [0.2, 0.25) is 0 Å². The number of carbonyl (C=O) groups is 1. The number of non-ortho nitro benzene ring substituents is 1. The summed E-state index contributed by atoms with van der Waals surface area (Å²) in [5.41, 5.74) is 2.94. The van der Waals surface area contributed by atoms with Crippen molar-refractivity contribution in [2.24, 2.45) is 0 Å². The van der Waals surface area contributed by atoms with Gasteiger partial charge in [-0.2, -0.15) is 0 Å². The minimum absolute atomic E-state index is 0.0312. The van der Waals surface area contributed by atoms with Crippen LogP contribution in [0.5, 0.6) is 5.75 Å². The Morgan fingerprint density at radius 2 is 1.91 bits per heavy atom. The topological polar surface area (TPSA) is 69.4 Å². The lowest BCUT2D eigenvalue weighted by atomic mass is 9.98. The predicted octanol–water partition coefficient (Wildman–Crippen LogP) is 3.95. The number of rotatable bonds is 2. The molecule has 3 rings (SSSR count). The number of aryl methyl sites for hydroxylation is 1. The molecule has 0 aromatic heterocycles. The molecule has 0 unspecified atom stereocenters. The molecule has 0 amide bonds. The van der Waals surface area contributed by atoms with E-state index in [0.717, 1.165) is 11.1 Å². The molecule has 23 heavy (non-hydrogen) atoms. The van der Waals surface area contributed by atoms with Crippen LogP contribution >= 0.6 is 0 Å². The smallest absolute Gasteiger partial charge is 0.269 e. The molecule has 0 N–H and O–H groups in total. The normalized spacial score (nSPS) is 15.7. The summed E-state index contributed by atoms with van der Waals surface area (Å²) in [5, 5.41) is 10.7. The lowest BCUT2D eigenvalue weighted by Crippen LogP contribution is -2.02. The zero-order valence-corrected chi connectivity index (χ0v) is 12.6. The van der Waals surface area contributed by atoms with Crippen LogP contribution in [-0.4, -0.2) is 17.3 Å². The first kappa shape index (κ1) is 15.0. The van der Waals surface area contributed by atoms with Crippen LogP contribution in [0.1, 0.15) is 27.9 Å². The maximum Gasteiger partial charge on any atom is 0.269 e. The van der Waals surface area contributed by atoms with E-state index in [1.807, 2.05) is 19.1 Å². The van der Waals surface area contributed by atoms with Crippen molar-refractivity contribution in [2.75, 3.05) is 6.61 Å². The Bertz CT molecular complexity index is 806. The fraction of sp³-hybridized carbons (Fsp3) is 0.167. The first-order valence-electron chi connectivity index (χ1n) is 7.28. The second kappa shape index (κ2) is 6.04. The van der Waals surface area contributed by atoms with Gasteiger partial charge in [-0.3, -0.25) is 14.9 Å². The molecule has 1 aliphatic heterocycles. The highest BCUT2D eigenvalue weighted by atomic mass is 16.6. The molecule has 0 bridgehead atoms. The van der Waals surface area contributed by atoms with E-state index in [-0.39, 0.29) is 11.5 Å². The fourth-order valence-electron chi connectivity index (χ4n) is 2.60. The van der Waals surface area contributed by atoms with Gasteiger partial charge in [0.25, 0.3) is 5.69 Å². The third-order valence-electron chi connectivity index (χ3n) is 3.81. The monoisotopic (exact) mass is 309 g/mol. The van der Waals surface area contributed by atoms with Crippen LogP contribution in [0.25, 0.3) is 6.08 Å². The number of nitro groups is 1. The van der Waals surface area contributed by atoms with E-state index in [1.54, 1.807) is 24.3 Å². The molecule has 0 atom stereocenters. The number of nitro benzene ring substituents is 1. The van der Waals surface area contributed by atoms with Crippen molar-refractivity contribution in [3.63, 3.8) is 0 Å². The third kappa shape index (κ3) is 2.99. The van der Waals surface area contributed by atoms with Crippen molar-refractivity contribution in [3.05, 3.63) is 74.8 Å². The number of ketones is 1. The molecule has 5 nitrogen and oxygen atoms in total. The number of nitrogens with zero attached hydrogens (tertiary/aromatic N) is 1. The van der Waals surface area contributed by atoms with E-state index in [4.69, 9.17) is 4.74 Å². The van der Waals surface area contributed by atoms with E-state index in [9.17, 15) is 14.9 Å². The summed E-state index contributed by atoms with van der Waals surface area (Å²) >= 11 is 0. The maximum absolute atomic E-state index is 12.7. The lowest BCUT2D eigenvalue weighted by molar-refractivity contribution is -0.384. The second-order valence-electron chi connectivity index (χ2n) is 5.40.